The highest BCUT2D eigenvalue weighted by molar-refractivity contribution is 7.00. The van der Waals surface area contributed by atoms with Gasteiger partial charge in [0.05, 0.1) is 11.4 Å². The molecule has 0 amide bonds. The minimum absolute atomic E-state index is 0.0297. The molecule has 5 aromatic rings. The zero-order chi connectivity index (χ0) is 36.6. The highest BCUT2D eigenvalue weighted by Crippen LogP contribution is 2.51. The molecule has 7 heteroatoms. The molecule has 264 valence electrons. The molecule has 6 nitrogen and oxygen atoms in total. The Morgan fingerprint density at radius 2 is 0.808 bits per heavy atom. The van der Waals surface area contributed by atoms with Gasteiger partial charge < -0.3 is 28.7 Å². The lowest BCUT2D eigenvalue weighted by Gasteiger charge is -2.45. The van der Waals surface area contributed by atoms with Gasteiger partial charge in [-0.25, -0.2) is 0 Å². The first-order chi connectivity index (χ1) is 24.6. The van der Waals surface area contributed by atoms with Crippen LogP contribution in [0.4, 0.5) is 34.1 Å². The molecule has 0 aromatic heterocycles. The summed E-state index contributed by atoms with van der Waals surface area (Å²) in [5.74, 6) is 3.11. The minimum Gasteiger partial charge on any atom is -0.454 e. The van der Waals surface area contributed by atoms with Gasteiger partial charge >= 0.3 is 0 Å². The van der Waals surface area contributed by atoms with Crippen LogP contribution < -0.4 is 45.1 Å². The van der Waals surface area contributed by atoms with Gasteiger partial charge in [-0.2, -0.15) is 0 Å². The van der Waals surface area contributed by atoms with E-state index in [0.29, 0.717) is 0 Å². The summed E-state index contributed by atoms with van der Waals surface area (Å²) in [5.41, 5.74) is 19.5. The summed E-state index contributed by atoms with van der Waals surface area (Å²) in [6, 6.07) is 23.0. The van der Waals surface area contributed by atoms with E-state index in [-0.39, 0.29) is 31.1 Å². The van der Waals surface area contributed by atoms with Crippen molar-refractivity contribution >= 4 is 57.2 Å². The number of anilines is 6. The summed E-state index contributed by atoms with van der Waals surface area (Å²) in [4.78, 5) is 4.99. The third-order valence-electron chi connectivity index (χ3n) is 11.4. The molecule has 0 spiro atoms. The number of rotatable bonds is 2. The van der Waals surface area contributed by atoms with E-state index in [1.807, 2.05) is 0 Å². The molecule has 5 aromatic carbocycles. The summed E-state index contributed by atoms with van der Waals surface area (Å²) in [7, 11) is 0. The van der Waals surface area contributed by atoms with Gasteiger partial charge in [0.1, 0.15) is 0 Å². The molecule has 0 saturated carbocycles. The number of aryl methyl sites for hydroxylation is 5. The number of nitrogens with zero attached hydrogens (tertiary/aromatic N) is 2. The van der Waals surface area contributed by atoms with Crippen molar-refractivity contribution in [2.24, 2.45) is 0 Å². The van der Waals surface area contributed by atoms with Gasteiger partial charge in [-0.15, -0.1) is 0 Å². The largest absolute Gasteiger partial charge is 0.454 e. The Morgan fingerprint density at radius 1 is 0.462 bits per heavy atom. The van der Waals surface area contributed by atoms with Gasteiger partial charge in [-0.3, -0.25) is 0 Å². The van der Waals surface area contributed by atoms with E-state index in [2.05, 4.69) is 147 Å². The Labute approximate surface area is 308 Å². The summed E-state index contributed by atoms with van der Waals surface area (Å²) in [6.07, 6.45) is 0. The number of hydrogen-bond donors (Lipinski definition) is 0. The van der Waals surface area contributed by atoms with Crippen molar-refractivity contribution in [3.05, 3.63) is 99.6 Å². The minimum atomic E-state index is -0.0870. The molecule has 0 atom stereocenters. The van der Waals surface area contributed by atoms with Crippen LogP contribution in [-0.4, -0.2) is 20.3 Å². The maximum atomic E-state index is 6.08. The maximum absolute atomic E-state index is 6.08. The van der Waals surface area contributed by atoms with Crippen LogP contribution in [0.15, 0.2) is 60.7 Å². The Morgan fingerprint density at radius 3 is 1.15 bits per heavy atom. The Balaban J connectivity index is 1.39. The molecular weight excluding hydrogens is 643 g/mol. The summed E-state index contributed by atoms with van der Waals surface area (Å²) < 4.78 is 24.3. The molecule has 0 bridgehead atoms. The van der Waals surface area contributed by atoms with Crippen molar-refractivity contribution in [2.45, 2.75) is 87.0 Å². The van der Waals surface area contributed by atoms with Crippen molar-refractivity contribution in [3.63, 3.8) is 0 Å². The zero-order valence-electron chi connectivity index (χ0n) is 32.3. The van der Waals surface area contributed by atoms with Gasteiger partial charge in [-0.1, -0.05) is 65.8 Å². The van der Waals surface area contributed by atoms with Crippen LogP contribution in [0.25, 0.3) is 0 Å². The van der Waals surface area contributed by atoms with Crippen LogP contribution in [-0.2, 0) is 10.8 Å². The predicted octanol–water partition coefficient (Wildman–Crippen LogP) is 9.36. The SMILES string of the molecule is Cc1cc2c3c(c1)N(c1c(C)cc(C(C)(C)C)cc1C)c1cc4c(cc1B3c1cc3c(cc1N2c1c(C)cc(C(C)(C)C)cc1C)OCO3)OCO4. The smallest absolute Gasteiger partial charge is 0.252 e. The molecule has 4 heterocycles. The fraction of sp³-hybridized carbons (Fsp3) is 0.333. The molecule has 0 unspecified atom stereocenters. The van der Waals surface area contributed by atoms with Crippen LogP contribution in [0.1, 0.15) is 80.5 Å². The monoisotopic (exact) mass is 690 g/mol. The van der Waals surface area contributed by atoms with Crippen molar-refractivity contribution in [3.8, 4) is 23.0 Å². The van der Waals surface area contributed by atoms with Crippen molar-refractivity contribution in [1.29, 1.82) is 0 Å². The Hall–Kier alpha value is -5.04. The first kappa shape index (κ1) is 32.8. The molecule has 0 saturated heterocycles. The van der Waals surface area contributed by atoms with Gasteiger partial charge in [0.2, 0.25) is 13.6 Å². The topological polar surface area (TPSA) is 43.4 Å². The second-order valence-corrected chi connectivity index (χ2v) is 17.3. The van der Waals surface area contributed by atoms with E-state index >= 15 is 0 Å². The molecule has 0 radical (unpaired) electrons. The number of fused-ring (bicyclic) bond motifs is 6. The Bertz CT molecular complexity index is 2160. The lowest BCUT2D eigenvalue weighted by molar-refractivity contribution is 0.173. The predicted molar refractivity (Wildman–Crippen MR) is 214 cm³/mol. The van der Waals surface area contributed by atoms with Crippen LogP contribution in [0.2, 0.25) is 0 Å². The van der Waals surface area contributed by atoms with Crippen LogP contribution in [0, 0.1) is 34.6 Å². The van der Waals surface area contributed by atoms with Gasteiger partial charge in [0.25, 0.3) is 6.71 Å². The number of benzene rings is 5. The second kappa shape index (κ2) is 11.0. The maximum Gasteiger partial charge on any atom is 0.252 e. The fourth-order valence-electron chi connectivity index (χ4n) is 8.87. The molecule has 52 heavy (non-hydrogen) atoms. The van der Waals surface area contributed by atoms with Crippen LogP contribution in [0.3, 0.4) is 0 Å². The van der Waals surface area contributed by atoms with E-state index < -0.39 is 0 Å². The molecule has 4 aliphatic rings. The first-order valence-electron chi connectivity index (χ1n) is 18.5. The fourth-order valence-corrected chi connectivity index (χ4v) is 8.87. The van der Waals surface area contributed by atoms with E-state index in [4.69, 9.17) is 18.9 Å². The molecule has 4 aliphatic heterocycles. The summed E-state index contributed by atoms with van der Waals surface area (Å²) >= 11 is 0. The number of hydrogen-bond acceptors (Lipinski definition) is 6. The van der Waals surface area contributed by atoms with Crippen LogP contribution in [0.5, 0.6) is 23.0 Å². The number of ether oxygens (including phenoxy) is 4. The van der Waals surface area contributed by atoms with Crippen molar-refractivity contribution in [1.82, 2.24) is 0 Å². The molecule has 0 fully saturated rings. The van der Waals surface area contributed by atoms with Gasteiger partial charge in [0.15, 0.2) is 23.0 Å². The average Bonchev–Trinajstić information content (AvgIpc) is 3.72. The quantitative estimate of drug-likeness (QED) is 0.169. The zero-order valence-corrected chi connectivity index (χ0v) is 32.3. The van der Waals surface area contributed by atoms with Gasteiger partial charge in [0, 0.05) is 34.9 Å². The second-order valence-electron chi connectivity index (χ2n) is 17.3. The third-order valence-corrected chi connectivity index (χ3v) is 11.4. The molecule has 0 aliphatic carbocycles. The highest BCUT2D eigenvalue weighted by atomic mass is 16.7. The highest BCUT2D eigenvalue weighted by Gasteiger charge is 2.46. The van der Waals surface area contributed by atoms with Crippen molar-refractivity contribution in [2.75, 3.05) is 23.4 Å². The lowest BCUT2D eigenvalue weighted by atomic mass is 9.33. The average molecular weight is 691 g/mol. The normalized spacial score (nSPS) is 15.2. The first-order valence-corrected chi connectivity index (χ1v) is 18.5. The molecule has 9 rings (SSSR count). The Kier molecular flexibility index (Phi) is 6.94. The van der Waals surface area contributed by atoms with E-state index in [0.717, 1.165) is 34.4 Å². The van der Waals surface area contributed by atoms with E-state index in [1.54, 1.807) is 0 Å². The van der Waals surface area contributed by atoms with Crippen LogP contribution >= 0.6 is 0 Å². The summed E-state index contributed by atoms with van der Waals surface area (Å²) in [6.45, 7) is 25.3. The molecular formula is C45H47BN2O4. The lowest BCUT2D eigenvalue weighted by Crippen LogP contribution is -2.61. The summed E-state index contributed by atoms with van der Waals surface area (Å²) in [5, 5.41) is 0. The molecule has 0 N–H and O–H groups in total. The van der Waals surface area contributed by atoms with E-state index in [1.165, 1.54) is 78.1 Å². The third kappa shape index (κ3) is 4.77. The van der Waals surface area contributed by atoms with Gasteiger partial charge in [-0.05, 0) is 125 Å². The standard InChI is InChI=1S/C45H47BN2O4/c1-24-12-35-41-36(13-24)48(43-27(4)16-30(17-28(43)5)45(9,10)11)34-21-40-38(50-23-52-40)19-32(34)46(41)31-18-37-39(51-22-49-37)20-33(31)47(35)42-25(2)14-29(15-26(42)3)44(6,7)8/h12-21H,22-23H2,1-11H3. The van der Waals surface area contributed by atoms with Crippen molar-refractivity contribution < 1.29 is 18.9 Å². The van der Waals surface area contributed by atoms with E-state index in [9.17, 15) is 0 Å².